The molecule has 55 heavy (non-hydrogen) atoms. The van der Waals surface area contributed by atoms with Gasteiger partial charge in [0.1, 0.15) is 35.4 Å². The van der Waals surface area contributed by atoms with Gasteiger partial charge in [0, 0.05) is 18.6 Å². The van der Waals surface area contributed by atoms with E-state index >= 15 is 0 Å². The highest BCUT2D eigenvalue weighted by Crippen LogP contribution is 2.70. The molecule has 296 valence electrons. The second-order valence-electron chi connectivity index (χ2n) is 17.7. The lowest BCUT2D eigenvalue weighted by Crippen LogP contribution is -2.70. The first-order chi connectivity index (χ1) is 26.4. The van der Waals surface area contributed by atoms with Crippen LogP contribution < -0.4 is 4.74 Å². The van der Waals surface area contributed by atoms with Crippen LogP contribution in [0.25, 0.3) is 10.8 Å². The number of aromatic carboxylic acids is 1. The maximum absolute atomic E-state index is 12.5. The van der Waals surface area contributed by atoms with Crippen LogP contribution in [0.15, 0.2) is 41.0 Å². The zero-order chi connectivity index (χ0) is 38.6. The number of aliphatic hydroxyl groups is 4. The van der Waals surface area contributed by atoms with Crippen LogP contribution in [0.4, 0.5) is 0 Å². The van der Waals surface area contributed by atoms with Crippen LogP contribution in [0, 0.1) is 41.4 Å². The van der Waals surface area contributed by atoms with Gasteiger partial charge in [0.15, 0.2) is 5.78 Å². The third kappa shape index (κ3) is 5.42. The molecule has 0 radical (unpaired) electrons. The van der Waals surface area contributed by atoms with Crippen LogP contribution in [0.3, 0.4) is 0 Å². The van der Waals surface area contributed by atoms with Gasteiger partial charge in [-0.1, -0.05) is 25.0 Å². The minimum absolute atomic E-state index is 0.0444. The molecular weight excluding hydrogens is 708 g/mol. The molecule has 9 rings (SSSR count). The lowest BCUT2D eigenvalue weighted by atomic mass is 9.43. The van der Waals surface area contributed by atoms with Crippen molar-refractivity contribution < 1.29 is 59.2 Å². The second-order valence-corrected chi connectivity index (χ2v) is 17.7. The fourth-order valence-corrected chi connectivity index (χ4v) is 12.9. The summed E-state index contributed by atoms with van der Waals surface area (Å²) in [4.78, 5) is 24.7. The molecule has 4 aliphatic carbocycles. The number of phenols is 1. The van der Waals surface area contributed by atoms with Crippen molar-refractivity contribution in [2.75, 3.05) is 33.0 Å². The molecule has 3 saturated carbocycles. The maximum Gasteiger partial charge on any atom is 0.335 e. The SMILES string of the molecule is CC(=O)c1c(C)cc2cc(C(=O)O)cc(O[C@H]3O[C@H](CO)[C@@]4(C[C@H]5C6=C(CC=C6[C@]6(CCO)COC[C@H]7CC8(CCCC8)C[C@H]5[C@@H]76)CO4)[C@H](O)[C@H]3O)c2c1O. The number of fused-ring (bicyclic) bond motifs is 3. The van der Waals surface area contributed by atoms with Gasteiger partial charge in [0.25, 0.3) is 0 Å². The smallest absolute Gasteiger partial charge is 0.335 e. The Labute approximate surface area is 319 Å². The second kappa shape index (κ2) is 13.4. The maximum atomic E-state index is 12.5. The molecule has 7 aliphatic rings. The lowest BCUT2D eigenvalue weighted by molar-refractivity contribution is -0.326. The molecule has 6 N–H and O–H groups in total. The number of Topliss-reactive ketones (excluding diaryl/α,β-unsaturated/α-hetero) is 1. The number of rotatable bonds is 7. The van der Waals surface area contributed by atoms with Crippen molar-refractivity contribution in [3.05, 3.63) is 57.7 Å². The molecule has 2 aromatic carbocycles. The van der Waals surface area contributed by atoms with E-state index in [4.69, 9.17) is 18.9 Å². The highest BCUT2D eigenvalue weighted by molar-refractivity contribution is 6.08. The number of hydrogen-bond donors (Lipinski definition) is 6. The van der Waals surface area contributed by atoms with Crippen molar-refractivity contribution in [3.8, 4) is 11.5 Å². The molecule has 0 bridgehead atoms. The van der Waals surface area contributed by atoms with Gasteiger partial charge in [-0.05, 0) is 128 Å². The van der Waals surface area contributed by atoms with Crippen LogP contribution in [0.1, 0.15) is 91.0 Å². The Balaban J connectivity index is 1.10. The number of benzene rings is 2. The van der Waals surface area contributed by atoms with Gasteiger partial charge in [-0.15, -0.1) is 0 Å². The van der Waals surface area contributed by atoms with E-state index in [0.29, 0.717) is 49.3 Å². The number of carbonyl (C=O) groups is 2. The fraction of sp³-hybridized carbons (Fsp3) is 0.628. The summed E-state index contributed by atoms with van der Waals surface area (Å²) in [5, 5.41) is 67.5. The first-order valence-electron chi connectivity index (χ1n) is 20.0. The molecule has 2 saturated heterocycles. The topological polar surface area (TPSA) is 192 Å². The molecular formula is C43H52O12. The quantitative estimate of drug-likeness (QED) is 0.216. The first kappa shape index (κ1) is 37.2. The fourth-order valence-electron chi connectivity index (χ4n) is 12.9. The molecule has 10 atom stereocenters. The average molecular weight is 761 g/mol. The van der Waals surface area contributed by atoms with Crippen molar-refractivity contribution in [2.24, 2.45) is 34.5 Å². The van der Waals surface area contributed by atoms with Crippen molar-refractivity contribution >= 4 is 22.5 Å². The molecule has 0 aromatic heterocycles. The predicted molar refractivity (Wildman–Crippen MR) is 198 cm³/mol. The monoisotopic (exact) mass is 760 g/mol. The van der Waals surface area contributed by atoms with Crippen molar-refractivity contribution in [1.82, 2.24) is 0 Å². The Morgan fingerprint density at radius 2 is 1.84 bits per heavy atom. The summed E-state index contributed by atoms with van der Waals surface area (Å²) >= 11 is 0. The number of carboxylic acids is 1. The third-order valence-corrected chi connectivity index (χ3v) is 14.9. The molecule has 12 heteroatoms. The highest BCUT2D eigenvalue weighted by atomic mass is 16.7. The number of aryl methyl sites for hydroxylation is 1. The number of carboxylic acid groups (broad SMARTS) is 1. The summed E-state index contributed by atoms with van der Waals surface area (Å²) in [5.74, 6) is -1.50. The summed E-state index contributed by atoms with van der Waals surface area (Å²) in [6, 6.07) is 4.13. The normalized spacial score (nSPS) is 37.5. The van der Waals surface area contributed by atoms with E-state index in [-0.39, 0.29) is 64.1 Å². The zero-order valence-electron chi connectivity index (χ0n) is 31.5. The predicted octanol–water partition coefficient (Wildman–Crippen LogP) is 4.59. The first-order valence-corrected chi connectivity index (χ1v) is 20.0. The number of aromatic hydroxyl groups is 1. The zero-order valence-corrected chi connectivity index (χ0v) is 31.5. The summed E-state index contributed by atoms with van der Waals surface area (Å²) in [6.07, 6.45) is 4.71. The van der Waals surface area contributed by atoms with E-state index in [1.54, 1.807) is 13.0 Å². The summed E-state index contributed by atoms with van der Waals surface area (Å²) in [7, 11) is 0. The van der Waals surface area contributed by atoms with Crippen LogP contribution in [0.5, 0.6) is 11.5 Å². The molecule has 0 amide bonds. The number of carbonyl (C=O) groups excluding carboxylic acids is 1. The van der Waals surface area contributed by atoms with E-state index < -0.39 is 54.3 Å². The van der Waals surface area contributed by atoms with Crippen molar-refractivity contribution in [1.29, 1.82) is 0 Å². The minimum atomic E-state index is -1.71. The van der Waals surface area contributed by atoms with Gasteiger partial charge in [-0.3, -0.25) is 4.79 Å². The third-order valence-electron chi connectivity index (χ3n) is 14.9. The van der Waals surface area contributed by atoms with Gasteiger partial charge in [-0.2, -0.15) is 0 Å². The van der Waals surface area contributed by atoms with Crippen LogP contribution >= 0.6 is 0 Å². The molecule has 2 spiro atoms. The molecule has 3 aliphatic heterocycles. The Hall–Kier alpha value is -3.36. The summed E-state index contributed by atoms with van der Waals surface area (Å²) in [6.45, 7) is 3.85. The number of ketones is 1. The number of aliphatic hydroxyl groups excluding tert-OH is 4. The summed E-state index contributed by atoms with van der Waals surface area (Å²) in [5.41, 5.74) is 2.26. The van der Waals surface area contributed by atoms with Gasteiger partial charge in [0.05, 0.1) is 36.3 Å². The average Bonchev–Trinajstić information content (AvgIpc) is 3.75. The number of hydrogen-bond acceptors (Lipinski definition) is 11. The Bertz CT molecular complexity index is 1990. The Morgan fingerprint density at radius 3 is 2.55 bits per heavy atom. The van der Waals surface area contributed by atoms with E-state index in [1.165, 1.54) is 55.9 Å². The van der Waals surface area contributed by atoms with Crippen molar-refractivity contribution in [2.45, 2.75) is 102 Å². The van der Waals surface area contributed by atoms with E-state index in [1.807, 2.05) is 0 Å². The lowest BCUT2D eigenvalue weighted by Gasteiger charge is -2.64. The largest absolute Gasteiger partial charge is 0.506 e. The van der Waals surface area contributed by atoms with E-state index in [9.17, 15) is 40.2 Å². The van der Waals surface area contributed by atoms with E-state index in [0.717, 1.165) is 18.4 Å². The highest BCUT2D eigenvalue weighted by Gasteiger charge is 2.67. The molecule has 12 nitrogen and oxygen atoms in total. The molecule has 3 heterocycles. The Kier molecular flexibility index (Phi) is 9.04. The Morgan fingerprint density at radius 1 is 1.05 bits per heavy atom. The molecule has 0 unspecified atom stereocenters. The van der Waals surface area contributed by atoms with Gasteiger partial charge < -0.3 is 49.6 Å². The van der Waals surface area contributed by atoms with Crippen LogP contribution in [-0.2, 0) is 14.2 Å². The van der Waals surface area contributed by atoms with Gasteiger partial charge in [0.2, 0.25) is 6.29 Å². The van der Waals surface area contributed by atoms with Crippen LogP contribution in [-0.4, -0.2) is 106 Å². The van der Waals surface area contributed by atoms with Gasteiger partial charge in [-0.25, -0.2) is 4.79 Å². The number of allylic oxidation sites excluding steroid dienone is 2. The minimum Gasteiger partial charge on any atom is -0.506 e. The van der Waals surface area contributed by atoms with Crippen LogP contribution in [0.2, 0.25) is 0 Å². The van der Waals surface area contributed by atoms with Gasteiger partial charge >= 0.3 is 5.97 Å². The number of ether oxygens (including phenoxy) is 4. The molecule has 5 fully saturated rings. The molecule has 2 aromatic rings. The number of phenolic OH excluding ortho intramolecular Hbond substituents is 1. The standard InChI is InChI=1S/C43H52O12/c1-21-11-24-12-25(39(50)51)13-30(34(24)36(47)32(21)22(2)46)54-40-37(48)38(49)43(31(17-45)55-40)16-27-28-15-41(7-3-4-8-41)14-26-18-52-20-42(9-10-44,35(26)28)29-6-5-23(19-53-43)33(27)29/h6,11-13,26-28,31,35,37-38,40,44-45,47-49H,3-5,7-10,14-20H2,1-2H3,(H,50,51)/t26-,27-,28-,31-,35-,37-,38-,40+,42+,43+/m1/s1. The van der Waals surface area contributed by atoms with Crippen molar-refractivity contribution in [3.63, 3.8) is 0 Å². The summed E-state index contributed by atoms with van der Waals surface area (Å²) < 4.78 is 25.8. The van der Waals surface area contributed by atoms with E-state index in [2.05, 4.69) is 6.08 Å².